The van der Waals surface area contributed by atoms with Gasteiger partial charge >= 0.3 is 0 Å². The van der Waals surface area contributed by atoms with Crippen LogP contribution in [0.2, 0.25) is 5.02 Å². The van der Waals surface area contributed by atoms with E-state index >= 15 is 0 Å². The minimum absolute atomic E-state index is 0.0807. The van der Waals surface area contributed by atoms with Gasteiger partial charge in [-0.05, 0) is 37.3 Å². The molecule has 20 heavy (non-hydrogen) atoms. The summed E-state index contributed by atoms with van der Waals surface area (Å²) in [5.41, 5.74) is 1.57. The fraction of sp³-hybridized carbons (Fsp3) is 0.0625. The number of rotatable bonds is 2. The average molecular weight is 289 g/mol. The number of ketones is 1. The molecule has 0 saturated heterocycles. The van der Waals surface area contributed by atoms with Gasteiger partial charge in [0.05, 0.1) is 10.6 Å². The van der Waals surface area contributed by atoms with E-state index in [2.05, 4.69) is 0 Å². The van der Waals surface area contributed by atoms with Gasteiger partial charge in [-0.1, -0.05) is 29.3 Å². The smallest absolute Gasteiger partial charge is 0.231 e. The highest BCUT2D eigenvalue weighted by Crippen LogP contribution is 2.25. The molecular weight excluding hydrogens is 279 g/mol. The van der Waals surface area contributed by atoms with Crippen LogP contribution in [0, 0.1) is 12.7 Å². The van der Waals surface area contributed by atoms with Crippen LogP contribution in [0.5, 0.6) is 0 Å². The van der Waals surface area contributed by atoms with E-state index in [0.717, 1.165) is 10.9 Å². The molecule has 0 bridgehead atoms. The van der Waals surface area contributed by atoms with E-state index in [9.17, 15) is 9.18 Å². The second kappa shape index (κ2) is 4.76. The van der Waals surface area contributed by atoms with E-state index in [1.807, 2.05) is 19.1 Å². The molecule has 0 unspecified atom stereocenters. The molecule has 4 heteroatoms. The third-order valence-electron chi connectivity index (χ3n) is 3.09. The molecule has 0 aliphatic carbocycles. The number of benzene rings is 2. The predicted octanol–water partition coefficient (Wildman–Crippen LogP) is 4.76. The van der Waals surface area contributed by atoms with Crippen molar-refractivity contribution in [3.8, 4) is 0 Å². The van der Waals surface area contributed by atoms with Gasteiger partial charge in [-0.3, -0.25) is 4.79 Å². The Bertz CT molecular complexity index is 820. The lowest BCUT2D eigenvalue weighted by Gasteiger charge is -2.00. The van der Waals surface area contributed by atoms with E-state index in [1.54, 1.807) is 12.1 Å². The van der Waals surface area contributed by atoms with E-state index in [1.165, 1.54) is 18.2 Å². The summed E-state index contributed by atoms with van der Waals surface area (Å²) in [6.07, 6.45) is 0. The Morgan fingerprint density at radius 3 is 2.80 bits per heavy atom. The zero-order chi connectivity index (χ0) is 14.3. The first-order valence-corrected chi connectivity index (χ1v) is 6.43. The Balaban J connectivity index is 2.10. The van der Waals surface area contributed by atoms with Crippen molar-refractivity contribution in [3.05, 3.63) is 70.2 Å². The van der Waals surface area contributed by atoms with E-state index in [0.29, 0.717) is 5.58 Å². The molecule has 2 aromatic carbocycles. The zero-order valence-corrected chi connectivity index (χ0v) is 11.4. The van der Waals surface area contributed by atoms with E-state index < -0.39 is 11.6 Å². The highest BCUT2D eigenvalue weighted by Gasteiger charge is 2.19. The number of hydrogen-bond donors (Lipinski definition) is 0. The van der Waals surface area contributed by atoms with Crippen molar-refractivity contribution in [2.75, 3.05) is 0 Å². The summed E-state index contributed by atoms with van der Waals surface area (Å²) in [6.45, 7) is 1.95. The van der Waals surface area contributed by atoms with Crippen molar-refractivity contribution < 1.29 is 13.6 Å². The molecular formula is C16H10ClFO2. The minimum Gasteiger partial charge on any atom is -0.453 e. The van der Waals surface area contributed by atoms with Crippen LogP contribution in [-0.4, -0.2) is 5.78 Å². The molecule has 0 aliphatic heterocycles. The Hall–Kier alpha value is -2.13. The van der Waals surface area contributed by atoms with Gasteiger partial charge in [0.2, 0.25) is 5.78 Å². The average Bonchev–Trinajstić information content (AvgIpc) is 2.84. The lowest BCUT2D eigenvalue weighted by Crippen LogP contribution is -2.03. The molecule has 100 valence electrons. The SMILES string of the molecule is Cc1ccc2oc(C(=O)c3cccc(Cl)c3F)cc2c1. The Morgan fingerprint density at radius 2 is 2.00 bits per heavy atom. The molecule has 0 aliphatic rings. The van der Waals surface area contributed by atoms with Crippen LogP contribution in [0.25, 0.3) is 11.0 Å². The maximum absolute atomic E-state index is 13.9. The second-order valence-electron chi connectivity index (χ2n) is 4.58. The van der Waals surface area contributed by atoms with E-state index in [-0.39, 0.29) is 16.3 Å². The topological polar surface area (TPSA) is 30.2 Å². The summed E-state index contributed by atoms with van der Waals surface area (Å²) in [5, 5.41) is 0.735. The summed E-state index contributed by atoms with van der Waals surface area (Å²) in [6, 6.07) is 11.5. The molecule has 0 saturated carbocycles. The Morgan fingerprint density at radius 1 is 1.20 bits per heavy atom. The van der Waals surface area contributed by atoms with Crippen molar-refractivity contribution in [1.29, 1.82) is 0 Å². The first-order chi connectivity index (χ1) is 9.56. The molecule has 0 radical (unpaired) electrons. The van der Waals surface area contributed by atoms with Gasteiger partial charge in [0.25, 0.3) is 0 Å². The van der Waals surface area contributed by atoms with Gasteiger partial charge in [-0.25, -0.2) is 4.39 Å². The lowest BCUT2D eigenvalue weighted by molar-refractivity contribution is 0.101. The number of halogens is 2. The molecule has 2 nitrogen and oxygen atoms in total. The summed E-state index contributed by atoms with van der Waals surface area (Å²) in [5.74, 6) is -1.14. The zero-order valence-electron chi connectivity index (χ0n) is 10.6. The molecule has 1 heterocycles. The van der Waals surface area contributed by atoms with Crippen molar-refractivity contribution in [3.63, 3.8) is 0 Å². The third-order valence-corrected chi connectivity index (χ3v) is 3.38. The number of carbonyl (C=O) groups excluding carboxylic acids is 1. The number of fused-ring (bicyclic) bond motifs is 1. The van der Waals surface area contributed by atoms with Crippen LogP contribution in [0.1, 0.15) is 21.7 Å². The molecule has 3 aromatic rings. The second-order valence-corrected chi connectivity index (χ2v) is 4.99. The Kier molecular flexibility index (Phi) is 3.07. The van der Waals surface area contributed by atoms with Crippen molar-refractivity contribution >= 4 is 28.4 Å². The quantitative estimate of drug-likeness (QED) is 0.636. The van der Waals surface area contributed by atoms with Crippen LogP contribution >= 0.6 is 11.6 Å². The van der Waals surface area contributed by atoms with Crippen molar-refractivity contribution in [2.24, 2.45) is 0 Å². The van der Waals surface area contributed by atoms with Crippen molar-refractivity contribution in [2.45, 2.75) is 6.92 Å². The summed E-state index contributed by atoms with van der Waals surface area (Å²) in [4.78, 5) is 12.3. The van der Waals surface area contributed by atoms with Gasteiger partial charge in [0.1, 0.15) is 5.58 Å². The van der Waals surface area contributed by atoms with Crippen LogP contribution < -0.4 is 0 Å². The predicted molar refractivity (Wildman–Crippen MR) is 75.8 cm³/mol. The van der Waals surface area contributed by atoms with Gasteiger partial charge in [0, 0.05) is 5.39 Å². The normalized spacial score (nSPS) is 10.9. The Labute approximate surface area is 119 Å². The molecule has 0 atom stereocenters. The number of furan rings is 1. The summed E-state index contributed by atoms with van der Waals surface area (Å²) < 4.78 is 19.3. The summed E-state index contributed by atoms with van der Waals surface area (Å²) in [7, 11) is 0. The molecule has 3 rings (SSSR count). The highest BCUT2D eigenvalue weighted by molar-refractivity contribution is 6.31. The largest absolute Gasteiger partial charge is 0.453 e. The number of aryl methyl sites for hydroxylation is 1. The molecule has 0 N–H and O–H groups in total. The van der Waals surface area contributed by atoms with Gasteiger partial charge < -0.3 is 4.42 Å². The molecule has 1 aromatic heterocycles. The van der Waals surface area contributed by atoms with Gasteiger partial charge in [-0.2, -0.15) is 0 Å². The van der Waals surface area contributed by atoms with Crippen LogP contribution in [-0.2, 0) is 0 Å². The monoisotopic (exact) mass is 288 g/mol. The number of carbonyl (C=O) groups is 1. The standard InChI is InChI=1S/C16H10ClFO2/c1-9-5-6-13-10(7-9)8-14(20-13)16(19)11-3-2-4-12(17)15(11)18/h2-8H,1H3. The van der Waals surface area contributed by atoms with E-state index in [4.69, 9.17) is 16.0 Å². The maximum Gasteiger partial charge on any atom is 0.231 e. The molecule has 0 fully saturated rings. The van der Waals surface area contributed by atoms with Crippen LogP contribution in [0.3, 0.4) is 0 Å². The van der Waals surface area contributed by atoms with Crippen molar-refractivity contribution in [1.82, 2.24) is 0 Å². The number of hydrogen-bond acceptors (Lipinski definition) is 2. The summed E-state index contributed by atoms with van der Waals surface area (Å²) >= 11 is 5.69. The van der Waals surface area contributed by atoms with Crippen LogP contribution in [0.4, 0.5) is 4.39 Å². The maximum atomic E-state index is 13.9. The first kappa shape index (κ1) is 12.9. The van der Waals surface area contributed by atoms with Gasteiger partial charge in [-0.15, -0.1) is 0 Å². The van der Waals surface area contributed by atoms with Crippen LogP contribution in [0.15, 0.2) is 46.9 Å². The lowest BCUT2D eigenvalue weighted by atomic mass is 10.1. The fourth-order valence-corrected chi connectivity index (χ4v) is 2.26. The van der Waals surface area contributed by atoms with Gasteiger partial charge in [0.15, 0.2) is 11.6 Å². The minimum atomic E-state index is -0.726. The molecule has 0 spiro atoms. The third kappa shape index (κ3) is 2.10. The highest BCUT2D eigenvalue weighted by atomic mass is 35.5. The first-order valence-electron chi connectivity index (χ1n) is 6.05. The fourth-order valence-electron chi connectivity index (χ4n) is 2.09. The molecule has 0 amide bonds.